The second-order valence-electron chi connectivity index (χ2n) is 5.63. The second kappa shape index (κ2) is 6.06. The van der Waals surface area contributed by atoms with E-state index in [1.54, 1.807) is 0 Å². The minimum atomic E-state index is 0.442. The van der Waals surface area contributed by atoms with Gasteiger partial charge in [0, 0.05) is 31.4 Å². The van der Waals surface area contributed by atoms with Crippen LogP contribution in [0.1, 0.15) is 30.2 Å². The number of thiocarbonyl (C=S) groups is 1. The van der Waals surface area contributed by atoms with Gasteiger partial charge in [0.25, 0.3) is 0 Å². The quantitative estimate of drug-likeness (QED) is 0.862. The van der Waals surface area contributed by atoms with Crippen LogP contribution < -0.4 is 10.6 Å². The lowest BCUT2D eigenvalue weighted by Gasteiger charge is -2.40. The first kappa shape index (κ1) is 15.2. The SMILES string of the molecule is CCC1CN(c2nc(C)cc(C)c2C(N)=S)CCN1C. The monoisotopic (exact) mass is 292 g/mol. The molecule has 2 heterocycles. The summed E-state index contributed by atoms with van der Waals surface area (Å²) in [4.78, 5) is 9.91. The molecule has 0 amide bonds. The van der Waals surface area contributed by atoms with Gasteiger partial charge < -0.3 is 10.6 Å². The minimum Gasteiger partial charge on any atom is -0.389 e. The third-order valence-corrected chi connectivity index (χ3v) is 4.32. The van der Waals surface area contributed by atoms with E-state index in [9.17, 15) is 0 Å². The highest BCUT2D eigenvalue weighted by molar-refractivity contribution is 7.80. The number of rotatable bonds is 3. The van der Waals surface area contributed by atoms with E-state index >= 15 is 0 Å². The van der Waals surface area contributed by atoms with Crippen LogP contribution >= 0.6 is 12.2 Å². The van der Waals surface area contributed by atoms with Crippen LogP contribution in [0.3, 0.4) is 0 Å². The molecule has 1 aliphatic heterocycles. The number of hydrogen-bond donors (Lipinski definition) is 1. The van der Waals surface area contributed by atoms with Crippen LogP contribution in [-0.2, 0) is 0 Å². The highest BCUT2D eigenvalue weighted by atomic mass is 32.1. The lowest BCUT2D eigenvalue weighted by molar-refractivity contribution is 0.213. The predicted octanol–water partition coefficient (Wildman–Crippen LogP) is 1.86. The van der Waals surface area contributed by atoms with Crippen LogP contribution in [-0.4, -0.2) is 47.6 Å². The molecule has 0 bridgehead atoms. The maximum atomic E-state index is 5.92. The number of aromatic nitrogens is 1. The molecule has 0 spiro atoms. The van der Waals surface area contributed by atoms with E-state index in [2.05, 4.69) is 30.7 Å². The number of hydrogen-bond acceptors (Lipinski definition) is 4. The normalized spacial score (nSPS) is 20.2. The van der Waals surface area contributed by atoms with Gasteiger partial charge in [0.2, 0.25) is 0 Å². The Balaban J connectivity index is 2.39. The molecule has 1 fully saturated rings. The molecule has 1 atom stereocenters. The summed E-state index contributed by atoms with van der Waals surface area (Å²) in [7, 11) is 2.19. The van der Waals surface area contributed by atoms with Crippen LogP contribution in [0.15, 0.2) is 6.07 Å². The minimum absolute atomic E-state index is 0.442. The maximum absolute atomic E-state index is 5.92. The van der Waals surface area contributed by atoms with Crippen molar-refractivity contribution in [2.24, 2.45) is 5.73 Å². The molecule has 1 aromatic rings. The Morgan fingerprint density at radius 1 is 1.45 bits per heavy atom. The summed E-state index contributed by atoms with van der Waals surface area (Å²) in [5.74, 6) is 0.960. The lowest BCUT2D eigenvalue weighted by Crippen LogP contribution is -2.52. The molecule has 4 nitrogen and oxygen atoms in total. The topological polar surface area (TPSA) is 45.4 Å². The highest BCUT2D eigenvalue weighted by Crippen LogP contribution is 2.25. The van der Waals surface area contributed by atoms with Gasteiger partial charge in [0.15, 0.2) is 0 Å². The fourth-order valence-electron chi connectivity index (χ4n) is 2.93. The summed E-state index contributed by atoms with van der Waals surface area (Å²) in [5.41, 5.74) is 8.99. The van der Waals surface area contributed by atoms with Crippen LogP contribution in [0, 0.1) is 13.8 Å². The maximum Gasteiger partial charge on any atom is 0.139 e. The molecule has 5 heteroatoms. The number of nitrogens with two attached hydrogens (primary N) is 1. The molecular formula is C15H24N4S. The van der Waals surface area contributed by atoms with Gasteiger partial charge in [-0.1, -0.05) is 19.1 Å². The zero-order valence-corrected chi connectivity index (χ0v) is 13.6. The van der Waals surface area contributed by atoms with Gasteiger partial charge in [-0.05, 0) is 38.9 Å². The standard InChI is InChI=1S/C15H24N4S/c1-5-12-9-19(7-6-18(12)4)15-13(14(16)20)10(2)8-11(3)17-15/h8,12H,5-7,9H2,1-4H3,(H2,16,20). The molecular weight excluding hydrogens is 268 g/mol. The first-order chi connectivity index (χ1) is 9.43. The number of likely N-dealkylation sites (N-methyl/N-ethyl adjacent to an activating group) is 1. The van der Waals surface area contributed by atoms with Gasteiger partial charge in [-0.25, -0.2) is 4.98 Å². The molecule has 110 valence electrons. The number of aryl methyl sites for hydroxylation is 2. The fourth-order valence-corrected chi connectivity index (χ4v) is 3.18. The first-order valence-corrected chi connectivity index (χ1v) is 7.58. The third-order valence-electron chi connectivity index (χ3n) is 4.12. The van der Waals surface area contributed by atoms with Crippen molar-refractivity contribution in [2.75, 3.05) is 31.6 Å². The van der Waals surface area contributed by atoms with Gasteiger partial charge in [-0.15, -0.1) is 0 Å². The van der Waals surface area contributed by atoms with Gasteiger partial charge in [-0.2, -0.15) is 0 Å². The second-order valence-corrected chi connectivity index (χ2v) is 6.07. The van der Waals surface area contributed by atoms with Crippen molar-refractivity contribution < 1.29 is 0 Å². The van der Waals surface area contributed by atoms with Crippen LogP contribution in [0.25, 0.3) is 0 Å². The summed E-state index contributed by atoms with van der Waals surface area (Å²) < 4.78 is 0. The Hall–Kier alpha value is -1.20. The van der Waals surface area contributed by atoms with Crippen molar-refractivity contribution in [1.82, 2.24) is 9.88 Å². The van der Waals surface area contributed by atoms with Crippen LogP contribution in [0.2, 0.25) is 0 Å². The molecule has 1 aromatic heterocycles. The van der Waals surface area contributed by atoms with Crippen molar-refractivity contribution in [1.29, 1.82) is 0 Å². The summed E-state index contributed by atoms with van der Waals surface area (Å²) in [6.07, 6.45) is 1.14. The van der Waals surface area contributed by atoms with Crippen LogP contribution in [0.5, 0.6) is 0 Å². The van der Waals surface area contributed by atoms with Gasteiger partial charge in [-0.3, -0.25) is 4.90 Å². The molecule has 0 aliphatic carbocycles. The van der Waals surface area contributed by atoms with E-state index in [-0.39, 0.29) is 0 Å². The van der Waals surface area contributed by atoms with Crippen molar-refractivity contribution in [2.45, 2.75) is 33.2 Å². The zero-order chi connectivity index (χ0) is 14.9. The number of pyridine rings is 1. The Bertz CT molecular complexity index is 515. The molecule has 1 aliphatic rings. The zero-order valence-electron chi connectivity index (χ0n) is 12.8. The molecule has 0 radical (unpaired) electrons. The van der Waals surface area contributed by atoms with Gasteiger partial charge in [0.05, 0.1) is 5.56 Å². The molecule has 20 heavy (non-hydrogen) atoms. The molecule has 0 saturated carbocycles. The Morgan fingerprint density at radius 3 is 2.75 bits per heavy atom. The van der Waals surface area contributed by atoms with Gasteiger partial charge >= 0.3 is 0 Å². The Morgan fingerprint density at radius 2 is 2.15 bits per heavy atom. The first-order valence-electron chi connectivity index (χ1n) is 7.17. The van der Waals surface area contributed by atoms with Crippen molar-refractivity contribution in [3.8, 4) is 0 Å². The highest BCUT2D eigenvalue weighted by Gasteiger charge is 2.26. The molecule has 2 N–H and O–H groups in total. The van der Waals surface area contributed by atoms with Crippen molar-refractivity contribution >= 4 is 23.0 Å². The molecule has 1 saturated heterocycles. The van der Waals surface area contributed by atoms with E-state index in [0.29, 0.717) is 11.0 Å². The largest absolute Gasteiger partial charge is 0.389 e. The summed E-state index contributed by atoms with van der Waals surface area (Å²) >= 11 is 5.23. The van der Waals surface area contributed by atoms with E-state index < -0.39 is 0 Å². The lowest BCUT2D eigenvalue weighted by atomic mass is 10.1. The number of piperazine rings is 1. The molecule has 0 aromatic carbocycles. The van der Waals surface area contributed by atoms with E-state index in [1.807, 2.05) is 13.0 Å². The van der Waals surface area contributed by atoms with Crippen molar-refractivity contribution in [3.05, 3.63) is 22.9 Å². The fraction of sp³-hybridized carbons (Fsp3) is 0.600. The smallest absolute Gasteiger partial charge is 0.139 e. The molecule has 2 rings (SSSR count). The Kier molecular flexibility index (Phi) is 4.60. The summed E-state index contributed by atoms with van der Waals surface area (Å²) in [5, 5.41) is 0. The summed E-state index contributed by atoms with van der Waals surface area (Å²) in [6.45, 7) is 9.31. The average Bonchev–Trinajstić information content (AvgIpc) is 2.37. The number of nitrogens with zero attached hydrogens (tertiary/aromatic N) is 3. The van der Waals surface area contributed by atoms with Crippen LogP contribution in [0.4, 0.5) is 5.82 Å². The van der Waals surface area contributed by atoms with E-state index in [4.69, 9.17) is 22.9 Å². The predicted molar refractivity (Wildman–Crippen MR) is 88.5 cm³/mol. The summed E-state index contributed by atoms with van der Waals surface area (Å²) in [6, 6.07) is 2.61. The van der Waals surface area contributed by atoms with E-state index in [1.165, 1.54) is 0 Å². The molecule has 1 unspecified atom stereocenters. The van der Waals surface area contributed by atoms with Gasteiger partial charge in [0.1, 0.15) is 10.8 Å². The van der Waals surface area contributed by atoms with Crippen molar-refractivity contribution in [3.63, 3.8) is 0 Å². The number of anilines is 1. The third kappa shape index (κ3) is 2.94. The average molecular weight is 292 g/mol. The van der Waals surface area contributed by atoms with E-state index in [0.717, 1.165) is 48.7 Å². The Labute approximate surface area is 127 Å².